The molecule has 0 bridgehead atoms. The van der Waals surface area contributed by atoms with Crippen molar-refractivity contribution in [1.29, 1.82) is 0 Å². The molecule has 4 heteroatoms. The van der Waals surface area contributed by atoms with Crippen LogP contribution in [0.1, 0.15) is 29.7 Å². The molecule has 3 N–H and O–H groups in total. The van der Waals surface area contributed by atoms with Gasteiger partial charge in [-0.1, -0.05) is 47.1 Å². The summed E-state index contributed by atoms with van der Waals surface area (Å²) in [6.07, 6.45) is 1.84. The Bertz CT molecular complexity index is 584. The Balaban J connectivity index is 2.21. The number of rotatable bonds is 6. The first-order valence-electron chi connectivity index (χ1n) is 7.05. The summed E-state index contributed by atoms with van der Waals surface area (Å²) in [7, 11) is 1.68. The van der Waals surface area contributed by atoms with Gasteiger partial charge in [0.2, 0.25) is 0 Å². The van der Waals surface area contributed by atoms with Crippen molar-refractivity contribution < 1.29 is 4.74 Å². The van der Waals surface area contributed by atoms with Gasteiger partial charge < -0.3 is 4.74 Å². The van der Waals surface area contributed by atoms with E-state index in [0.717, 1.165) is 28.6 Å². The molecule has 0 aliphatic carbocycles. The maximum atomic E-state index is 5.75. The summed E-state index contributed by atoms with van der Waals surface area (Å²) in [5.41, 5.74) is 6.59. The molecule has 2 aromatic carbocycles. The molecule has 0 aliphatic heterocycles. The highest BCUT2D eigenvalue weighted by Crippen LogP contribution is 2.27. The van der Waals surface area contributed by atoms with Crippen molar-refractivity contribution in [3.8, 4) is 5.75 Å². The van der Waals surface area contributed by atoms with Gasteiger partial charge in [-0.3, -0.25) is 11.3 Å². The van der Waals surface area contributed by atoms with Crippen LogP contribution in [0.3, 0.4) is 0 Å². The normalized spacial score (nSPS) is 12.2. The molecule has 2 rings (SSSR count). The highest BCUT2D eigenvalue weighted by atomic mass is 79.9. The van der Waals surface area contributed by atoms with Crippen molar-refractivity contribution in [2.45, 2.75) is 25.8 Å². The number of nitrogens with one attached hydrogen (secondary N) is 1. The molecule has 0 amide bonds. The molecule has 0 aliphatic rings. The summed E-state index contributed by atoms with van der Waals surface area (Å²) < 4.78 is 6.35. The van der Waals surface area contributed by atoms with Gasteiger partial charge in [-0.05, 0) is 47.7 Å². The Morgan fingerprint density at radius 2 is 1.90 bits per heavy atom. The zero-order chi connectivity index (χ0) is 15.2. The van der Waals surface area contributed by atoms with Gasteiger partial charge in [0.1, 0.15) is 5.75 Å². The van der Waals surface area contributed by atoms with E-state index in [9.17, 15) is 0 Å². The van der Waals surface area contributed by atoms with Crippen LogP contribution in [-0.4, -0.2) is 7.11 Å². The van der Waals surface area contributed by atoms with Gasteiger partial charge in [-0.25, -0.2) is 0 Å². The molecule has 2 aromatic rings. The molecule has 1 atom stereocenters. The topological polar surface area (TPSA) is 47.3 Å². The maximum Gasteiger partial charge on any atom is 0.119 e. The van der Waals surface area contributed by atoms with E-state index < -0.39 is 0 Å². The zero-order valence-corrected chi connectivity index (χ0v) is 14.0. The number of hydrogen-bond donors (Lipinski definition) is 2. The van der Waals surface area contributed by atoms with Gasteiger partial charge in [0.15, 0.2) is 0 Å². The van der Waals surface area contributed by atoms with E-state index in [0.29, 0.717) is 0 Å². The Kier molecular flexibility index (Phi) is 5.79. The van der Waals surface area contributed by atoms with E-state index in [4.69, 9.17) is 10.6 Å². The van der Waals surface area contributed by atoms with E-state index in [2.05, 4.69) is 52.5 Å². The lowest BCUT2D eigenvalue weighted by molar-refractivity contribution is 0.413. The van der Waals surface area contributed by atoms with Crippen LogP contribution in [0.15, 0.2) is 46.9 Å². The van der Waals surface area contributed by atoms with E-state index in [1.54, 1.807) is 7.11 Å². The van der Waals surface area contributed by atoms with E-state index >= 15 is 0 Å². The zero-order valence-electron chi connectivity index (χ0n) is 12.4. The molecule has 0 fully saturated rings. The number of nitrogens with two attached hydrogens (primary N) is 1. The first kappa shape index (κ1) is 16.0. The average molecular weight is 349 g/mol. The van der Waals surface area contributed by atoms with Gasteiger partial charge in [0.25, 0.3) is 0 Å². The Hall–Kier alpha value is -1.36. The summed E-state index contributed by atoms with van der Waals surface area (Å²) in [4.78, 5) is 0. The van der Waals surface area contributed by atoms with Crippen molar-refractivity contribution in [2.24, 2.45) is 5.84 Å². The van der Waals surface area contributed by atoms with Crippen molar-refractivity contribution >= 4 is 15.9 Å². The summed E-state index contributed by atoms with van der Waals surface area (Å²) in [5.74, 6) is 6.60. The molecule has 3 nitrogen and oxygen atoms in total. The summed E-state index contributed by atoms with van der Waals surface area (Å²) in [6.45, 7) is 2.15. The number of aryl methyl sites for hydroxylation is 1. The highest BCUT2D eigenvalue weighted by molar-refractivity contribution is 9.10. The molecule has 0 radical (unpaired) electrons. The standard InChI is InChI=1S/C17H21BrN2O/c1-3-12-4-6-13(7-5-12)17(20-19)11-14-10-15(21-2)8-9-16(14)18/h4-10,17,20H,3,11,19H2,1-2H3. The lowest BCUT2D eigenvalue weighted by Gasteiger charge is -2.18. The van der Waals surface area contributed by atoms with Gasteiger partial charge in [-0.15, -0.1) is 0 Å². The minimum Gasteiger partial charge on any atom is -0.497 e. The average Bonchev–Trinajstić information content (AvgIpc) is 2.54. The number of hydrogen-bond acceptors (Lipinski definition) is 3. The minimum atomic E-state index is 0.0688. The third-order valence-corrected chi connectivity index (χ3v) is 4.44. The molecule has 0 heterocycles. The molecule has 21 heavy (non-hydrogen) atoms. The molecule has 1 unspecified atom stereocenters. The molecule has 0 saturated heterocycles. The Morgan fingerprint density at radius 1 is 1.19 bits per heavy atom. The van der Waals surface area contributed by atoms with Crippen LogP contribution >= 0.6 is 15.9 Å². The van der Waals surface area contributed by atoms with Gasteiger partial charge in [0.05, 0.1) is 13.2 Å². The van der Waals surface area contributed by atoms with Crippen LogP contribution < -0.4 is 16.0 Å². The third-order valence-electron chi connectivity index (χ3n) is 3.67. The SMILES string of the molecule is CCc1ccc(C(Cc2cc(OC)ccc2Br)NN)cc1. The Labute approximate surface area is 134 Å². The van der Waals surface area contributed by atoms with Gasteiger partial charge >= 0.3 is 0 Å². The van der Waals surface area contributed by atoms with Gasteiger partial charge in [0, 0.05) is 4.47 Å². The van der Waals surface area contributed by atoms with Crippen molar-refractivity contribution in [1.82, 2.24) is 5.43 Å². The van der Waals surface area contributed by atoms with Crippen molar-refractivity contribution in [2.75, 3.05) is 7.11 Å². The highest BCUT2D eigenvalue weighted by Gasteiger charge is 2.13. The van der Waals surface area contributed by atoms with E-state index in [1.807, 2.05) is 18.2 Å². The lowest BCUT2D eigenvalue weighted by atomic mass is 9.98. The van der Waals surface area contributed by atoms with Crippen molar-refractivity contribution in [3.05, 3.63) is 63.6 Å². The predicted octanol–water partition coefficient (Wildman–Crippen LogP) is 3.77. The fourth-order valence-corrected chi connectivity index (χ4v) is 2.72. The number of benzene rings is 2. The summed E-state index contributed by atoms with van der Waals surface area (Å²) in [6, 6.07) is 14.6. The number of hydrazine groups is 1. The molecular weight excluding hydrogens is 328 g/mol. The minimum absolute atomic E-state index is 0.0688. The van der Waals surface area contributed by atoms with Crippen molar-refractivity contribution in [3.63, 3.8) is 0 Å². The van der Waals surface area contributed by atoms with E-state index in [1.165, 1.54) is 11.1 Å². The Morgan fingerprint density at radius 3 is 2.48 bits per heavy atom. The third kappa shape index (κ3) is 4.06. The second-order valence-electron chi connectivity index (χ2n) is 4.98. The second kappa shape index (κ2) is 7.59. The van der Waals surface area contributed by atoms with Crippen LogP contribution in [0.5, 0.6) is 5.75 Å². The van der Waals surface area contributed by atoms with Crippen LogP contribution in [0.25, 0.3) is 0 Å². The summed E-state index contributed by atoms with van der Waals surface area (Å²) in [5, 5.41) is 0. The fourth-order valence-electron chi connectivity index (χ4n) is 2.31. The number of ether oxygens (including phenoxy) is 1. The van der Waals surface area contributed by atoms with Crippen LogP contribution in [0.2, 0.25) is 0 Å². The molecule has 0 spiro atoms. The second-order valence-corrected chi connectivity index (χ2v) is 5.83. The van der Waals surface area contributed by atoms with Gasteiger partial charge in [-0.2, -0.15) is 0 Å². The number of methoxy groups -OCH3 is 1. The fraction of sp³-hybridized carbons (Fsp3) is 0.294. The summed E-state index contributed by atoms with van der Waals surface area (Å²) >= 11 is 3.59. The molecule has 112 valence electrons. The largest absolute Gasteiger partial charge is 0.497 e. The molecular formula is C17H21BrN2O. The predicted molar refractivity (Wildman–Crippen MR) is 90.3 cm³/mol. The first-order chi connectivity index (χ1) is 10.2. The monoisotopic (exact) mass is 348 g/mol. The van der Waals surface area contributed by atoms with Crippen LogP contribution in [0.4, 0.5) is 0 Å². The first-order valence-corrected chi connectivity index (χ1v) is 7.84. The number of halogens is 1. The van der Waals surface area contributed by atoms with Crippen LogP contribution in [0, 0.1) is 0 Å². The quantitative estimate of drug-likeness (QED) is 0.617. The maximum absolute atomic E-state index is 5.75. The molecule has 0 aromatic heterocycles. The smallest absolute Gasteiger partial charge is 0.119 e. The lowest BCUT2D eigenvalue weighted by Crippen LogP contribution is -2.29. The van der Waals surface area contributed by atoms with Crippen LogP contribution in [-0.2, 0) is 12.8 Å². The van der Waals surface area contributed by atoms with E-state index in [-0.39, 0.29) is 6.04 Å². The molecule has 0 saturated carbocycles.